The number of benzene rings is 2. The van der Waals surface area contributed by atoms with Gasteiger partial charge in [0.15, 0.2) is 6.10 Å². The molecule has 32 heavy (non-hydrogen) atoms. The molecule has 1 aliphatic heterocycles. The van der Waals surface area contributed by atoms with E-state index in [0.717, 1.165) is 5.69 Å². The summed E-state index contributed by atoms with van der Waals surface area (Å²) < 4.78 is 31.7. The zero-order valence-electron chi connectivity index (χ0n) is 18.2. The molecule has 0 fully saturated rings. The van der Waals surface area contributed by atoms with Crippen LogP contribution in [0.1, 0.15) is 25.3 Å². The van der Waals surface area contributed by atoms with E-state index in [2.05, 4.69) is 15.0 Å². The van der Waals surface area contributed by atoms with Gasteiger partial charge < -0.3 is 15.0 Å². The van der Waals surface area contributed by atoms with E-state index in [-0.39, 0.29) is 23.7 Å². The number of anilines is 2. The molecule has 10 heteroatoms. The van der Waals surface area contributed by atoms with Crippen LogP contribution in [-0.4, -0.2) is 52.9 Å². The van der Waals surface area contributed by atoms with Crippen molar-refractivity contribution in [1.82, 2.24) is 4.72 Å². The van der Waals surface area contributed by atoms with Gasteiger partial charge in [-0.15, -0.1) is 0 Å². The Morgan fingerprint density at radius 3 is 2.50 bits per heavy atom. The second-order valence-corrected chi connectivity index (χ2v) is 9.15. The summed E-state index contributed by atoms with van der Waals surface area (Å²) in [6.07, 6.45) is -0.539. The molecule has 0 saturated carbocycles. The van der Waals surface area contributed by atoms with Crippen molar-refractivity contribution in [3.8, 4) is 0 Å². The zero-order valence-corrected chi connectivity index (χ0v) is 19.0. The Balaban J connectivity index is 1.45. The van der Waals surface area contributed by atoms with Gasteiger partial charge in [-0.1, -0.05) is 12.1 Å². The highest BCUT2D eigenvalue weighted by molar-refractivity contribution is 7.90. The second kappa shape index (κ2) is 9.82. The van der Waals surface area contributed by atoms with E-state index in [0.29, 0.717) is 17.7 Å². The Kier molecular flexibility index (Phi) is 7.14. The first-order valence-electron chi connectivity index (χ1n) is 10.1. The maximum atomic E-state index is 12.3. The first kappa shape index (κ1) is 23.3. The molecule has 0 radical (unpaired) electrons. The predicted octanol–water partition coefficient (Wildman–Crippen LogP) is 2.14. The fourth-order valence-corrected chi connectivity index (χ4v) is 4.31. The lowest BCUT2D eigenvalue weighted by molar-refractivity contribution is -0.153. The number of amides is 1. The summed E-state index contributed by atoms with van der Waals surface area (Å²) in [6, 6.07) is 13.9. The van der Waals surface area contributed by atoms with Gasteiger partial charge in [0.1, 0.15) is 5.84 Å². The number of esters is 1. The summed E-state index contributed by atoms with van der Waals surface area (Å²) in [4.78, 5) is 30.7. The number of sulfonamides is 1. The molecule has 0 spiro atoms. The van der Waals surface area contributed by atoms with Gasteiger partial charge in [0.25, 0.3) is 15.9 Å². The number of rotatable bonds is 8. The van der Waals surface area contributed by atoms with Crippen LogP contribution in [0.25, 0.3) is 0 Å². The summed E-state index contributed by atoms with van der Waals surface area (Å²) in [5.74, 6) is -0.682. The number of fused-ring (bicyclic) bond motifs is 1. The number of hydrogen-bond donors (Lipinski definition) is 2. The molecule has 2 N–H and O–H groups in total. The van der Waals surface area contributed by atoms with E-state index in [1.807, 2.05) is 31.1 Å². The molecule has 0 aromatic heterocycles. The molecule has 0 unspecified atom stereocenters. The van der Waals surface area contributed by atoms with Crippen LogP contribution in [-0.2, 0) is 24.3 Å². The third-order valence-electron chi connectivity index (χ3n) is 4.80. The van der Waals surface area contributed by atoms with Gasteiger partial charge >= 0.3 is 5.97 Å². The molecule has 0 bridgehead atoms. The summed E-state index contributed by atoms with van der Waals surface area (Å²) >= 11 is 0. The van der Waals surface area contributed by atoms with Crippen molar-refractivity contribution in [2.45, 2.75) is 30.8 Å². The predicted molar refractivity (Wildman–Crippen MR) is 122 cm³/mol. The minimum atomic E-state index is -3.59. The van der Waals surface area contributed by atoms with Gasteiger partial charge in [0.05, 0.1) is 4.90 Å². The Morgan fingerprint density at radius 2 is 1.81 bits per heavy atom. The fourth-order valence-electron chi connectivity index (χ4n) is 3.06. The minimum Gasteiger partial charge on any atom is -0.453 e. The lowest BCUT2D eigenvalue weighted by atomic mass is 10.2. The number of carbonyl (C=O) groups is 2. The van der Waals surface area contributed by atoms with Gasteiger partial charge in [0.2, 0.25) is 0 Å². The molecule has 3 rings (SSSR count). The number of nitrogens with one attached hydrogen (secondary N) is 2. The van der Waals surface area contributed by atoms with E-state index in [9.17, 15) is 18.0 Å². The Labute approximate surface area is 187 Å². The van der Waals surface area contributed by atoms with Crippen LogP contribution in [0.15, 0.2) is 58.4 Å². The number of nitrogens with zero attached hydrogens (tertiary/aromatic N) is 2. The van der Waals surface area contributed by atoms with Crippen LogP contribution in [0.3, 0.4) is 0 Å². The van der Waals surface area contributed by atoms with Crippen LogP contribution in [0, 0.1) is 0 Å². The zero-order chi connectivity index (χ0) is 23.3. The van der Waals surface area contributed by atoms with E-state index in [1.165, 1.54) is 13.0 Å². The number of hydrogen-bond acceptors (Lipinski definition) is 7. The maximum absolute atomic E-state index is 12.3. The molecule has 2 aromatic carbocycles. The van der Waals surface area contributed by atoms with E-state index in [4.69, 9.17) is 4.74 Å². The van der Waals surface area contributed by atoms with Crippen molar-refractivity contribution < 1.29 is 22.7 Å². The molecule has 0 saturated heterocycles. The molecule has 1 heterocycles. The lowest BCUT2D eigenvalue weighted by Gasteiger charge is -2.15. The molecule has 1 aliphatic rings. The average Bonchev–Trinajstić information content (AvgIpc) is 3.02. The molecule has 1 atom stereocenters. The van der Waals surface area contributed by atoms with Crippen LogP contribution < -0.4 is 14.9 Å². The number of carbonyl (C=O) groups excluding carboxylic acids is 2. The Hall–Kier alpha value is -3.40. The number of aliphatic imine (C=N–C) groups is 1. The normalized spacial score (nSPS) is 16.0. The molecular formula is C22H26N4O5S. The standard InChI is InChI=1S/C22H26N4O5S/c1-15(22(28)24-16-10-12-17(13-11-16)26(2)3)31-20(27)9-6-14-23-21-18-7-4-5-8-19(18)32(29,30)25-21/h4-5,7-8,10-13,15H,6,9,14H2,1-3H3,(H,23,25)(H,24,28)/t15-/m0/s1. The summed E-state index contributed by atoms with van der Waals surface area (Å²) in [7, 11) is 0.260. The van der Waals surface area contributed by atoms with E-state index < -0.39 is 28.0 Å². The van der Waals surface area contributed by atoms with Crippen molar-refractivity contribution in [3.63, 3.8) is 0 Å². The lowest BCUT2D eigenvalue weighted by Crippen LogP contribution is -2.30. The number of ether oxygens (including phenoxy) is 1. The average molecular weight is 459 g/mol. The highest BCUT2D eigenvalue weighted by Gasteiger charge is 2.29. The molecule has 9 nitrogen and oxygen atoms in total. The van der Waals surface area contributed by atoms with Crippen molar-refractivity contribution in [1.29, 1.82) is 0 Å². The van der Waals surface area contributed by atoms with Crippen molar-refractivity contribution in [2.24, 2.45) is 4.99 Å². The summed E-state index contributed by atoms with van der Waals surface area (Å²) in [5, 5.41) is 2.71. The second-order valence-electron chi connectivity index (χ2n) is 7.50. The van der Waals surface area contributed by atoms with Gasteiger partial charge in [-0.05, 0) is 49.7 Å². The number of amidine groups is 1. The molecular weight excluding hydrogens is 432 g/mol. The monoisotopic (exact) mass is 458 g/mol. The van der Waals surface area contributed by atoms with Gasteiger partial charge in [-0.2, -0.15) is 0 Å². The Morgan fingerprint density at radius 1 is 1.12 bits per heavy atom. The maximum Gasteiger partial charge on any atom is 0.306 e. The summed E-state index contributed by atoms with van der Waals surface area (Å²) in [5.41, 5.74) is 2.12. The van der Waals surface area contributed by atoms with Crippen molar-refractivity contribution >= 4 is 39.1 Å². The van der Waals surface area contributed by atoms with Gasteiger partial charge in [-0.25, -0.2) is 8.42 Å². The summed E-state index contributed by atoms with van der Waals surface area (Å²) in [6.45, 7) is 1.74. The van der Waals surface area contributed by atoms with Crippen LogP contribution in [0.4, 0.5) is 11.4 Å². The quantitative estimate of drug-likeness (QED) is 0.462. The van der Waals surface area contributed by atoms with E-state index in [1.54, 1.807) is 30.3 Å². The molecule has 170 valence electrons. The van der Waals surface area contributed by atoms with E-state index >= 15 is 0 Å². The van der Waals surface area contributed by atoms with Crippen LogP contribution in [0.5, 0.6) is 0 Å². The van der Waals surface area contributed by atoms with Crippen LogP contribution >= 0.6 is 0 Å². The molecule has 1 amide bonds. The topological polar surface area (TPSA) is 117 Å². The third-order valence-corrected chi connectivity index (χ3v) is 6.20. The van der Waals surface area contributed by atoms with Gasteiger partial charge in [0, 0.05) is 44.0 Å². The minimum absolute atomic E-state index is 0.0559. The smallest absolute Gasteiger partial charge is 0.306 e. The molecule has 2 aromatic rings. The first-order chi connectivity index (χ1) is 15.2. The SMILES string of the molecule is C[C@H](OC(=O)CCCN=C1NS(=O)(=O)c2ccccc21)C(=O)Nc1ccc(N(C)C)cc1. The third kappa shape index (κ3) is 5.64. The molecule has 0 aliphatic carbocycles. The van der Waals surface area contributed by atoms with Crippen molar-refractivity contribution in [3.05, 3.63) is 54.1 Å². The first-order valence-corrected chi connectivity index (χ1v) is 11.6. The fraction of sp³-hybridized carbons (Fsp3) is 0.318. The van der Waals surface area contributed by atoms with Crippen molar-refractivity contribution in [2.75, 3.05) is 30.9 Å². The van der Waals surface area contributed by atoms with Gasteiger partial charge in [-0.3, -0.25) is 19.3 Å². The Bertz CT molecular complexity index is 1130. The highest BCUT2D eigenvalue weighted by Crippen LogP contribution is 2.22. The largest absolute Gasteiger partial charge is 0.453 e. The highest BCUT2D eigenvalue weighted by atomic mass is 32.2. The van der Waals surface area contributed by atoms with Crippen LogP contribution in [0.2, 0.25) is 0 Å².